The highest BCUT2D eigenvalue weighted by molar-refractivity contribution is 6.05. The Morgan fingerprint density at radius 1 is 1.32 bits per heavy atom. The molecule has 1 aliphatic heterocycles. The van der Waals surface area contributed by atoms with Crippen LogP contribution in [0.5, 0.6) is 0 Å². The minimum absolute atomic E-state index is 0.160. The molecule has 0 radical (unpaired) electrons. The Morgan fingerprint density at radius 3 is 2.48 bits per heavy atom. The summed E-state index contributed by atoms with van der Waals surface area (Å²) in [7, 11) is 0. The summed E-state index contributed by atoms with van der Waals surface area (Å²) < 4.78 is 11.4. The highest BCUT2D eigenvalue weighted by atomic mass is 16.6. The van der Waals surface area contributed by atoms with Crippen molar-refractivity contribution in [2.45, 2.75) is 75.3 Å². The highest BCUT2D eigenvalue weighted by Gasteiger charge is 2.90. The molecule has 4 aliphatic carbocycles. The third-order valence-electron chi connectivity index (χ3n) is 9.31. The third kappa shape index (κ3) is 1.93. The molecule has 0 amide bonds. The number of carbonyl (C=O) groups is 2. The maximum absolute atomic E-state index is 13.7. The maximum atomic E-state index is 13.7. The van der Waals surface area contributed by atoms with Crippen LogP contribution in [0.3, 0.4) is 0 Å². The number of aliphatic hydroxyl groups excluding tert-OH is 2. The Bertz CT molecular complexity index is 928. The first-order valence-electron chi connectivity index (χ1n) is 10.7. The number of ether oxygens (including phenoxy) is 2. The summed E-state index contributed by atoms with van der Waals surface area (Å²) in [6.07, 6.45) is -2.85. The molecule has 172 valence electrons. The van der Waals surface area contributed by atoms with E-state index in [4.69, 9.17) is 9.47 Å². The van der Waals surface area contributed by atoms with Crippen molar-refractivity contribution in [2.75, 3.05) is 6.61 Å². The second-order valence-electron chi connectivity index (χ2n) is 10.7. The maximum Gasteiger partial charge on any atom is 0.303 e. The fourth-order valence-electron chi connectivity index (χ4n) is 7.72. The molecule has 4 fully saturated rings. The number of ketones is 1. The van der Waals surface area contributed by atoms with E-state index in [2.05, 4.69) is 0 Å². The van der Waals surface area contributed by atoms with Gasteiger partial charge in [-0.2, -0.15) is 0 Å². The van der Waals surface area contributed by atoms with Crippen LogP contribution in [-0.4, -0.2) is 79.5 Å². The van der Waals surface area contributed by atoms with Crippen molar-refractivity contribution in [3.05, 3.63) is 11.6 Å². The van der Waals surface area contributed by atoms with Crippen molar-refractivity contribution in [1.29, 1.82) is 0 Å². The molecule has 0 aromatic heterocycles. The van der Waals surface area contributed by atoms with Gasteiger partial charge in [0.25, 0.3) is 0 Å². The minimum atomic E-state index is -2.44. The first kappa shape index (κ1) is 21.5. The Labute approximate surface area is 179 Å². The van der Waals surface area contributed by atoms with E-state index in [1.165, 1.54) is 26.8 Å². The molecule has 3 saturated carbocycles. The Balaban J connectivity index is 1.76. The van der Waals surface area contributed by atoms with E-state index in [1.54, 1.807) is 13.8 Å². The summed E-state index contributed by atoms with van der Waals surface area (Å²) in [5.41, 5.74) is -8.11. The number of fused-ring (bicyclic) bond motifs is 7. The van der Waals surface area contributed by atoms with Gasteiger partial charge in [0.1, 0.15) is 17.3 Å². The van der Waals surface area contributed by atoms with Crippen LogP contribution in [0.2, 0.25) is 0 Å². The van der Waals surface area contributed by atoms with E-state index in [1.807, 2.05) is 0 Å². The summed E-state index contributed by atoms with van der Waals surface area (Å²) in [5.74, 6) is -5.22. The van der Waals surface area contributed by atoms with Gasteiger partial charge in [-0.25, -0.2) is 0 Å². The van der Waals surface area contributed by atoms with Crippen LogP contribution < -0.4 is 5.11 Å². The van der Waals surface area contributed by atoms with E-state index >= 15 is 0 Å². The monoisotopic (exact) mass is 437 g/mol. The van der Waals surface area contributed by atoms with Gasteiger partial charge in [-0.05, 0) is 18.4 Å². The van der Waals surface area contributed by atoms with Gasteiger partial charge in [0.2, 0.25) is 0 Å². The molecular formula is C22H29O9-. The quantitative estimate of drug-likeness (QED) is 0.284. The van der Waals surface area contributed by atoms with E-state index in [0.29, 0.717) is 0 Å². The molecule has 1 heterocycles. The van der Waals surface area contributed by atoms with Crippen LogP contribution >= 0.6 is 0 Å². The second-order valence-corrected chi connectivity index (χ2v) is 10.7. The smallest absolute Gasteiger partial charge is 0.303 e. The molecule has 11 atom stereocenters. The van der Waals surface area contributed by atoms with Gasteiger partial charge in [-0.1, -0.05) is 33.0 Å². The van der Waals surface area contributed by atoms with Crippen LogP contribution in [0.15, 0.2) is 11.6 Å². The van der Waals surface area contributed by atoms with Crippen LogP contribution in [-0.2, 0) is 19.1 Å². The Kier molecular flexibility index (Phi) is 3.86. The van der Waals surface area contributed by atoms with Crippen LogP contribution in [0.25, 0.3) is 0 Å². The van der Waals surface area contributed by atoms with Crippen molar-refractivity contribution < 1.29 is 44.6 Å². The topological polar surface area (TPSA) is 160 Å². The predicted molar refractivity (Wildman–Crippen MR) is 101 cm³/mol. The molecule has 0 bridgehead atoms. The van der Waals surface area contributed by atoms with Gasteiger partial charge in [0.15, 0.2) is 11.4 Å². The van der Waals surface area contributed by atoms with Crippen LogP contribution in [0.4, 0.5) is 0 Å². The number of rotatable bonds is 2. The molecule has 0 aromatic carbocycles. The fourth-order valence-corrected chi connectivity index (χ4v) is 7.72. The van der Waals surface area contributed by atoms with Gasteiger partial charge in [0, 0.05) is 30.1 Å². The lowest BCUT2D eigenvalue weighted by molar-refractivity contribution is -0.476. The van der Waals surface area contributed by atoms with Crippen molar-refractivity contribution in [3.63, 3.8) is 0 Å². The summed E-state index contributed by atoms with van der Waals surface area (Å²) in [5, 5.41) is 58.8. The number of epoxide rings is 1. The standard InChI is InChI=1S/C22H29O9/c1-8-6-11-20(28)9(2)15(26)22(30-10(3)24)13(18(22,4)5)12(20)16-19(7-23,31-16)17(27)21(11,29)14(8)25/h6,9,11-13,15-17,23,27-29H,7H2,1-5H3/q-1/t9-,11+,12?,13-,15-,16+,17-,19+,20+,21-,22-/m1/s1. The van der Waals surface area contributed by atoms with Crippen LogP contribution in [0.1, 0.15) is 34.6 Å². The highest BCUT2D eigenvalue weighted by Crippen LogP contribution is 2.79. The Hall–Kier alpha value is -1.36. The first-order valence-corrected chi connectivity index (χ1v) is 10.7. The lowest BCUT2D eigenvalue weighted by atomic mass is 9.58. The predicted octanol–water partition coefficient (Wildman–Crippen LogP) is -1.95. The van der Waals surface area contributed by atoms with Crippen LogP contribution in [0, 0.1) is 29.1 Å². The minimum Gasteiger partial charge on any atom is -0.849 e. The van der Waals surface area contributed by atoms with Gasteiger partial charge in [-0.15, -0.1) is 0 Å². The lowest BCUT2D eigenvalue weighted by Crippen LogP contribution is -2.70. The van der Waals surface area contributed by atoms with Crippen molar-refractivity contribution >= 4 is 11.8 Å². The summed E-state index contributed by atoms with van der Waals surface area (Å²) in [4.78, 5) is 25.0. The SMILES string of the molecule is CC(=O)O[C@@]12[C@H]([O-])[C@@H](C)[C@@]3(O)C([C@@H]1C2(C)C)[C@@H]1O[C@]1(CO)[C@@H](O)[C@]1(O)C(=O)C(C)=C[C@H]13. The molecule has 1 unspecified atom stereocenters. The van der Waals surface area contributed by atoms with E-state index in [-0.39, 0.29) is 5.57 Å². The fraction of sp³-hybridized carbons (Fsp3) is 0.818. The molecule has 0 spiro atoms. The number of Topliss-reactive ketones (excluding diaryl/α,β-unsaturated/α-hetero) is 1. The normalized spacial score (nSPS) is 58.2. The van der Waals surface area contributed by atoms with E-state index < -0.39 is 88.2 Å². The van der Waals surface area contributed by atoms with Gasteiger partial charge < -0.3 is 35.0 Å². The molecule has 9 heteroatoms. The Morgan fingerprint density at radius 2 is 1.94 bits per heavy atom. The molecule has 5 rings (SSSR count). The number of carbonyl (C=O) groups excluding carboxylic acids is 2. The van der Waals surface area contributed by atoms with Crippen molar-refractivity contribution in [3.8, 4) is 0 Å². The first-order chi connectivity index (χ1) is 14.2. The summed E-state index contributed by atoms with van der Waals surface area (Å²) >= 11 is 0. The zero-order valence-corrected chi connectivity index (χ0v) is 18.2. The second kappa shape index (κ2) is 5.58. The average molecular weight is 437 g/mol. The van der Waals surface area contributed by atoms with Crippen molar-refractivity contribution in [2.24, 2.45) is 29.1 Å². The number of hydrogen-bond donors (Lipinski definition) is 4. The summed E-state index contributed by atoms with van der Waals surface area (Å²) in [6.45, 7) is 7.09. The molecule has 4 N–H and O–H groups in total. The number of esters is 1. The molecule has 31 heavy (non-hydrogen) atoms. The van der Waals surface area contributed by atoms with E-state index in [0.717, 1.165) is 0 Å². The zero-order valence-electron chi connectivity index (χ0n) is 18.2. The molecule has 5 aliphatic rings. The lowest BCUT2D eigenvalue weighted by Gasteiger charge is -2.56. The third-order valence-corrected chi connectivity index (χ3v) is 9.31. The average Bonchev–Trinajstić information content (AvgIpc) is 3.52. The van der Waals surface area contributed by atoms with Gasteiger partial charge >= 0.3 is 5.97 Å². The molecule has 0 aromatic rings. The summed E-state index contributed by atoms with van der Waals surface area (Å²) in [6, 6.07) is 0. The van der Waals surface area contributed by atoms with E-state index in [9.17, 15) is 35.1 Å². The van der Waals surface area contributed by atoms with Gasteiger partial charge in [-0.3, -0.25) is 9.59 Å². The molecular weight excluding hydrogens is 408 g/mol. The largest absolute Gasteiger partial charge is 0.849 e. The van der Waals surface area contributed by atoms with Crippen molar-refractivity contribution in [1.82, 2.24) is 0 Å². The number of hydrogen-bond acceptors (Lipinski definition) is 9. The molecule has 9 nitrogen and oxygen atoms in total. The zero-order chi connectivity index (χ0) is 23.1. The number of aliphatic hydroxyl groups is 4. The molecule has 1 saturated heterocycles. The van der Waals surface area contributed by atoms with Gasteiger partial charge in [0.05, 0.1) is 18.3 Å².